The van der Waals surface area contributed by atoms with Gasteiger partial charge in [0.2, 0.25) is 5.28 Å². The van der Waals surface area contributed by atoms with Crippen molar-refractivity contribution in [2.75, 3.05) is 11.9 Å². The lowest BCUT2D eigenvalue weighted by Crippen LogP contribution is -2.31. The highest BCUT2D eigenvalue weighted by atomic mass is 35.5. The normalized spacial score (nSPS) is 28.4. The van der Waals surface area contributed by atoms with Crippen LogP contribution in [0.5, 0.6) is 0 Å². The Labute approximate surface area is 109 Å². The Balaban J connectivity index is 1.74. The van der Waals surface area contributed by atoms with Gasteiger partial charge in [-0.25, -0.2) is 0 Å². The van der Waals surface area contributed by atoms with Gasteiger partial charge in [-0.1, -0.05) is 11.6 Å². The fourth-order valence-corrected chi connectivity index (χ4v) is 2.47. The Morgan fingerprint density at radius 3 is 2.76 bits per heavy atom. The quantitative estimate of drug-likeness (QED) is 0.916. The number of anilines is 1. The molecule has 2 fully saturated rings. The first kappa shape index (κ1) is 11.4. The minimum Gasteiger partial charge on any atom is -0.376 e. The second-order valence-electron chi connectivity index (χ2n) is 4.43. The molecule has 1 saturated carbocycles. The van der Waals surface area contributed by atoms with Gasteiger partial charge in [-0.2, -0.15) is 4.98 Å². The maximum absolute atomic E-state index is 5.92. The van der Waals surface area contributed by atoms with Gasteiger partial charge in [0.15, 0.2) is 11.0 Å². The van der Waals surface area contributed by atoms with Crippen molar-refractivity contribution >= 4 is 29.0 Å². The first-order chi connectivity index (χ1) is 8.24. The van der Waals surface area contributed by atoms with Crippen LogP contribution in [0.15, 0.2) is 0 Å². The lowest BCUT2D eigenvalue weighted by molar-refractivity contribution is 0.0898. The summed E-state index contributed by atoms with van der Waals surface area (Å²) < 4.78 is 5.73. The van der Waals surface area contributed by atoms with E-state index in [-0.39, 0.29) is 22.6 Å². The van der Waals surface area contributed by atoms with E-state index in [1.165, 1.54) is 12.8 Å². The van der Waals surface area contributed by atoms with Crippen molar-refractivity contribution in [3.63, 3.8) is 0 Å². The Morgan fingerprint density at radius 1 is 1.18 bits per heavy atom. The van der Waals surface area contributed by atoms with E-state index < -0.39 is 0 Å². The predicted molar refractivity (Wildman–Crippen MR) is 64.3 cm³/mol. The number of nitrogens with zero attached hydrogens (tertiary/aromatic N) is 3. The summed E-state index contributed by atoms with van der Waals surface area (Å²) in [5, 5.41) is 10.9. The first-order valence-electron chi connectivity index (χ1n) is 5.68. The molecule has 0 radical (unpaired) electrons. The van der Waals surface area contributed by atoms with Crippen molar-refractivity contribution in [2.45, 2.75) is 31.4 Å². The third-order valence-electron chi connectivity index (χ3n) is 3.16. The van der Waals surface area contributed by atoms with E-state index in [0.29, 0.717) is 11.7 Å². The zero-order valence-corrected chi connectivity index (χ0v) is 10.6. The van der Waals surface area contributed by atoms with E-state index in [9.17, 15) is 0 Å². The molecule has 1 aliphatic heterocycles. The van der Waals surface area contributed by atoms with Crippen molar-refractivity contribution < 1.29 is 4.74 Å². The highest BCUT2D eigenvalue weighted by Crippen LogP contribution is 2.39. The predicted octanol–water partition coefficient (Wildman–Crippen LogP) is 2.16. The Kier molecular flexibility index (Phi) is 3.06. The monoisotopic (exact) mass is 274 g/mol. The molecule has 3 rings (SSSR count). The van der Waals surface area contributed by atoms with Crippen LogP contribution in [0.4, 0.5) is 5.82 Å². The summed E-state index contributed by atoms with van der Waals surface area (Å²) in [6.07, 6.45) is 3.72. The van der Waals surface area contributed by atoms with Crippen molar-refractivity contribution in [2.24, 2.45) is 5.92 Å². The molecule has 1 aliphatic carbocycles. The molecular weight excluding hydrogens is 263 g/mol. The molecule has 2 atom stereocenters. The highest BCUT2D eigenvalue weighted by Gasteiger charge is 2.40. The molecule has 7 heteroatoms. The van der Waals surface area contributed by atoms with E-state index in [2.05, 4.69) is 20.5 Å². The number of nitrogens with one attached hydrogen (secondary N) is 1. The molecule has 2 unspecified atom stereocenters. The third kappa shape index (κ3) is 2.46. The molecule has 2 aliphatic rings. The molecule has 0 amide bonds. The van der Waals surface area contributed by atoms with Crippen LogP contribution in [0.1, 0.15) is 19.3 Å². The van der Waals surface area contributed by atoms with Gasteiger partial charge in [0, 0.05) is 6.61 Å². The van der Waals surface area contributed by atoms with E-state index in [1.807, 2.05) is 0 Å². The third-order valence-corrected chi connectivity index (χ3v) is 3.58. The average molecular weight is 275 g/mol. The standard InChI is InChI=1S/C10H12Cl2N4O/c11-8-9(14-10(12)16-15-8)13-6-3-4-17-7(6)5-1-2-5/h5-7H,1-4H2,(H,13,14,16). The molecule has 1 aromatic rings. The lowest BCUT2D eigenvalue weighted by Gasteiger charge is -2.20. The Morgan fingerprint density at radius 2 is 2.00 bits per heavy atom. The molecule has 2 heterocycles. The van der Waals surface area contributed by atoms with Gasteiger partial charge in [-0.3, -0.25) is 0 Å². The lowest BCUT2D eigenvalue weighted by atomic mass is 10.1. The number of rotatable bonds is 3. The first-order valence-corrected chi connectivity index (χ1v) is 6.43. The van der Waals surface area contributed by atoms with E-state index in [1.54, 1.807) is 0 Å². The van der Waals surface area contributed by atoms with Crippen LogP contribution in [-0.4, -0.2) is 33.9 Å². The van der Waals surface area contributed by atoms with E-state index in [0.717, 1.165) is 13.0 Å². The topological polar surface area (TPSA) is 59.9 Å². The number of aromatic nitrogens is 3. The van der Waals surface area contributed by atoms with Crippen LogP contribution < -0.4 is 5.32 Å². The van der Waals surface area contributed by atoms with Gasteiger partial charge < -0.3 is 10.1 Å². The second kappa shape index (κ2) is 4.55. The van der Waals surface area contributed by atoms with Gasteiger partial charge in [0.25, 0.3) is 0 Å². The number of ether oxygens (including phenoxy) is 1. The van der Waals surface area contributed by atoms with Crippen molar-refractivity contribution in [3.8, 4) is 0 Å². The molecule has 0 spiro atoms. The summed E-state index contributed by atoms with van der Waals surface area (Å²) >= 11 is 11.6. The van der Waals surface area contributed by atoms with Gasteiger partial charge in [-0.05, 0) is 36.8 Å². The largest absolute Gasteiger partial charge is 0.376 e. The zero-order valence-electron chi connectivity index (χ0n) is 9.07. The van der Waals surface area contributed by atoms with Gasteiger partial charge >= 0.3 is 0 Å². The smallest absolute Gasteiger partial charge is 0.245 e. The van der Waals surface area contributed by atoms with Crippen molar-refractivity contribution in [1.29, 1.82) is 0 Å². The number of halogens is 2. The SMILES string of the molecule is Clc1nnc(Cl)c(NC2CCOC2C2CC2)n1. The molecule has 17 heavy (non-hydrogen) atoms. The Bertz CT molecular complexity index is 427. The fraction of sp³-hybridized carbons (Fsp3) is 0.700. The summed E-state index contributed by atoms with van der Waals surface area (Å²) in [6, 6.07) is 0.243. The average Bonchev–Trinajstić information content (AvgIpc) is 3.05. The minimum absolute atomic E-state index is 0.0961. The van der Waals surface area contributed by atoms with E-state index >= 15 is 0 Å². The maximum Gasteiger partial charge on any atom is 0.245 e. The second-order valence-corrected chi connectivity index (χ2v) is 5.13. The summed E-state index contributed by atoms with van der Waals surface area (Å²) in [6.45, 7) is 0.780. The van der Waals surface area contributed by atoms with Crippen LogP contribution in [-0.2, 0) is 4.74 Å². The van der Waals surface area contributed by atoms with Gasteiger partial charge in [0.1, 0.15) is 0 Å². The Hall–Kier alpha value is -0.650. The van der Waals surface area contributed by atoms with Gasteiger partial charge in [-0.15, -0.1) is 10.2 Å². The highest BCUT2D eigenvalue weighted by molar-refractivity contribution is 6.32. The molecule has 5 nitrogen and oxygen atoms in total. The molecular formula is C10H12Cl2N4O. The molecule has 0 aromatic carbocycles. The van der Waals surface area contributed by atoms with Crippen LogP contribution in [0.2, 0.25) is 10.4 Å². The molecule has 1 N–H and O–H groups in total. The zero-order chi connectivity index (χ0) is 11.8. The summed E-state index contributed by atoms with van der Waals surface area (Å²) in [5.74, 6) is 1.17. The molecule has 92 valence electrons. The number of hydrogen-bond donors (Lipinski definition) is 1. The molecule has 1 saturated heterocycles. The van der Waals surface area contributed by atoms with Crippen LogP contribution >= 0.6 is 23.2 Å². The van der Waals surface area contributed by atoms with Crippen LogP contribution in [0, 0.1) is 5.92 Å². The molecule has 1 aromatic heterocycles. The summed E-state index contributed by atoms with van der Waals surface area (Å²) in [5.41, 5.74) is 0. The fourth-order valence-electron chi connectivity index (χ4n) is 2.22. The van der Waals surface area contributed by atoms with Crippen LogP contribution in [0.25, 0.3) is 0 Å². The maximum atomic E-state index is 5.92. The van der Waals surface area contributed by atoms with Crippen LogP contribution in [0.3, 0.4) is 0 Å². The number of hydrogen-bond acceptors (Lipinski definition) is 5. The van der Waals surface area contributed by atoms with E-state index in [4.69, 9.17) is 27.9 Å². The molecule has 0 bridgehead atoms. The van der Waals surface area contributed by atoms with Crippen molar-refractivity contribution in [3.05, 3.63) is 10.4 Å². The summed E-state index contributed by atoms with van der Waals surface area (Å²) in [7, 11) is 0. The van der Waals surface area contributed by atoms with Crippen molar-refractivity contribution in [1.82, 2.24) is 15.2 Å². The summed E-state index contributed by atoms with van der Waals surface area (Å²) in [4.78, 5) is 4.04. The minimum atomic E-state index is 0.0961. The van der Waals surface area contributed by atoms with Gasteiger partial charge in [0.05, 0.1) is 12.1 Å².